The molecule has 0 saturated carbocycles. The molecule has 0 heterocycles. The molecule has 0 bridgehead atoms. The van der Waals surface area contributed by atoms with E-state index in [4.69, 9.17) is 9.47 Å². The number of rotatable bonds is 9. The molecule has 36 heavy (non-hydrogen) atoms. The van der Waals surface area contributed by atoms with Crippen LogP contribution >= 0.6 is 0 Å². The lowest BCUT2D eigenvalue weighted by molar-refractivity contribution is 0.0734. The van der Waals surface area contributed by atoms with Crippen LogP contribution in [0.4, 0.5) is 5.69 Å². The number of hydrogen-bond acceptors (Lipinski definition) is 4. The van der Waals surface area contributed by atoms with Gasteiger partial charge in [-0.3, -0.25) is 4.99 Å². The van der Waals surface area contributed by atoms with Gasteiger partial charge in [0.05, 0.1) is 17.9 Å². The molecule has 4 aromatic rings. The molecular formula is C32H29NO3. The summed E-state index contributed by atoms with van der Waals surface area (Å²) in [6, 6.07) is 29.3. The molecular weight excluding hydrogens is 446 g/mol. The first-order chi connectivity index (χ1) is 17.7. The van der Waals surface area contributed by atoms with Crippen molar-refractivity contribution in [2.75, 3.05) is 6.61 Å². The Balaban J connectivity index is 1.17. The van der Waals surface area contributed by atoms with E-state index in [1.54, 1.807) is 36.4 Å². The highest BCUT2D eigenvalue weighted by Gasteiger charge is 2.17. The molecule has 0 N–H and O–H groups in total. The Morgan fingerprint density at radius 3 is 2.39 bits per heavy atom. The summed E-state index contributed by atoms with van der Waals surface area (Å²) in [7, 11) is 0. The van der Waals surface area contributed by atoms with Crippen LogP contribution in [0.2, 0.25) is 0 Å². The van der Waals surface area contributed by atoms with Crippen LogP contribution in [-0.2, 0) is 6.42 Å². The van der Waals surface area contributed by atoms with Crippen LogP contribution in [0.25, 0.3) is 11.1 Å². The highest BCUT2D eigenvalue weighted by Crippen LogP contribution is 2.38. The third-order valence-electron chi connectivity index (χ3n) is 6.34. The summed E-state index contributed by atoms with van der Waals surface area (Å²) in [6.45, 7) is 2.85. The minimum atomic E-state index is -0.395. The Bertz CT molecular complexity index is 1370. The predicted molar refractivity (Wildman–Crippen MR) is 145 cm³/mol. The maximum absolute atomic E-state index is 12.5. The van der Waals surface area contributed by atoms with Crippen LogP contribution in [0.1, 0.15) is 53.2 Å². The van der Waals surface area contributed by atoms with Gasteiger partial charge in [-0.1, -0.05) is 50.1 Å². The average Bonchev–Trinajstić information content (AvgIpc) is 3.29. The fraction of sp³-hybridized carbons (Fsp3) is 0.188. The summed E-state index contributed by atoms with van der Waals surface area (Å²) in [4.78, 5) is 17.2. The molecule has 4 aromatic carbocycles. The maximum Gasteiger partial charge on any atom is 0.343 e. The van der Waals surface area contributed by atoms with Gasteiger partial charge in [0.25, 0.3) is 0 Å². The van der Waals surface area contributed by atoms with Crippen molar-refractivity contribution in [3.05, 3.63) is 113 Å². The minimum Gasteiger partial charge on any atom is -0.494 e. The molecule has 1 aliphatic carbocycles. The van der Waals surface area contributed by atoms with E-state index in [-0.39, 0.29) is 0 Å². The Morgan fingerprint density at radius 1 is 0.833 bits per heavy atom. The molecule has 0 radical (unpaired) electrons. The summed E-state index contributed by atoms with van der Waals surface area (Å²) >= 11 is 0. The number of carbonyl (C=O) groups is 1. The number of fused-ring (bicyclic) bond motifs is 3. The predicted octanol–water partition coefficient (Wildman–Crippen LogP) is 7.80. The fourth-order valence-electron chi connectivity index (χ4n) is 4.38. The van der Waals surface area contributed by atoms with Crippen LogP contribution in [0.5, 0.6) is 11.5 Å². The van der Waals surface area contributed by atoms with E-state index >= 15 is 0 Å². The highest BCUT2D eigenvalue weighted by molar-refractivity contribution is 5.91. The Kier molecular flexibility index (Phi) is 7.23. The van der Waals surface area contributed by atoms with Gasteiger partial charge >= 0.3 is 5.97 Å². The monoisotopic (exact) mass is 475 g/mol. The van der Waals surface area contributed by atoms with E-state index in [0.717, 1.165) is 42.7 Å². The van der Waals surface area contributed by atoms with Crippen molar-refractivity contribution in [3.8, 4) is 22.6 Å². The van der Waals surface area contributed by atoms with Crippen molar-refractivity contribution in [3.63, 3.8) is 0 Å². The largest absolute Gasteiger partial charge is 0.494 e. The van der Waals surface area contributed by atoms with Gasteiger partial charge in [-0.2, -0.15) is 0 Å². The number of aliphatic imine (C=N–C) groups is 1. The molecule has 0 unspecified atom stereocenters. The van der Waals surface area contributed by atoms with E-state index in [1.165, 1.54) is 22.3 Å². The van der Waals surface area contributed by atoms with Crippen LogP contribution in [0.3, 0.4) is 0 Å². The van der Waals surface area contributed by atoms with Gasteiger partial charge < -0.3 is 9.47 Å². The van der Waals surface area contributed by atoms with Crippen molar-refractivity contribution < 1.29 is 14.3 Å². The molecule has 0 aromatic heterocycles. The van der Waals surface area contributed by atoms with Gasteiger partial charge in [-0.25, -0.2) is 4.79 Å². The molecule has 0 amide bonds. The quantitative estimate of drug-likeness (QED) is 0.0946. The summed E-state index contributed by atoms with van der Waals surface area (Å²) in [5, 5.41) is 0. The molecule has 4 nitrogen and oxygen atoms in total. The Hall–Kier alpha value is -4.18. The van der Waals surface area contributed by atoms with E-state index in [0.29, 0.717) is 17.9 Å². The molecule has 0 saturated heterocycles. The molecule has 0 spiro atoms. The molecule has 0 aliphatic heterocycles. The number of nitrogens with zero attached hydrogens (tertiary/aromatic N) is 1. The van der Waals surface area contributed by atoms with Crippen LogP contribution in [0, 0.1) is 0 Å². The van der Waals surface area contributed by atoms with Crippen LogP contribution in [-0.4, -0.2) is 18.8 Å². The number of ether oxygens (including phenoxy) is 2. The summed E-state index contributed by atoms with van der Waals surface area (Å²) in [6.07, 6.45) is 6.12. The lowest BCUT2D eigenvalue weighted by Gasteiger charge is -2.07. The lowest BCUT2D eigenvalue weighted by Crippen LogP contribution is -2.08. The van der Waals surface area contributed by atoms with E-state index in [1.807, 2.05) is 18.3 Å². The molecule has 0 atom stereocenters. The Labute approximate surface area is 212 Å². The van der Waals surface area contributed by atoms with Crippen molar-refractivity contribution in [2.45, 2.75) is 32.6 Å². The minimum absolute atomic E-state index is 0.395. The number of benzene rings is 4. The van der Waals surface area contributed by atoms with Gasteiger partial charge in [-0.15, -0.1) is 0 Å². The number of carbonyl (C=O) groups excluding carboxylic acids is 1. The second-order valence-electron chi connectivity index (χ2n) is 8.97. The summed E-state index contributed by atoms with van der Waals surface area (Å²) in [5.41, 5.74) is 7.64. The van der Waals surface area contributed by atoms with Crippen molar-refractivity contribution >= 4 is 17.9 Å². The first kappa shape index (κ1) is 23.6. The van der Waals surface area contributed by atoms with Gasteiger partial charge in [0.2, 0.25) is 0 Å². The second kappa shape index (κ2) is 11.0. The van der Waals surface area contributed by atoms with Crippen molar-refractivity contribution in [2.24, 2.45) is 4.99 Å². The molecule has 1 aliphatic rings. The Morgan fingerprint density at radius 2 is 1.58 bits per heavy atom. The zero-order chi connectivity index (χ0) is 24.7. The second-order valence-corrected chi connectivity index (χ2v) is 8.97. The number of unbranched alkanes of at least 4 members (excludes halogenated alkanes) is 2. The average molecular weight is 476 g/mol. The third kappa shape index (κ3) is 5.55. The van der Waals surface area contributed by atoms with Crippen LogP contribution < -0.4 is 9.47 Å². The number of hydrogen-bond donors (Lipinski definition) is 0. The van der Waals surface area contributed by atoms with Gasteiger partial charge in [0.15, 0.2) is 0 Å². The topological polar surface area (TPSA) is 47.9 Å². The van der Waals surface area contributed by atoms with Crippen LogP contribution in [0.15, 0.2) is 96.0 Å². The lowest BCUT2D eigenvalue weighted by atomic mass is 10.1. The van der Waals surface area contributed by atoms with E-state index in [2.05, 4.69) is 54.4 Å². The van der Waals surface area contributed by atoms with Crippen molar-refractivity contribution in [1.82, 2.24) is 0 Å². The van der Waals surface area contributed by atoms with Crippen molar-refractivity contribution in [1.29, 1.82) is 0 Å². The smallest absolute Gasteiger partial charge is 0.343 e. The summed E-state index contributed by atoms with van der Waals surface area (Å²) in [5.74, 6) is 0.861. The fourth-order valence-corrected chi connectivity index (χ4v) is 4.38. The standard InChI is InChI=1S/C32H29NO3/c1-2-3-6-19-35-28-16-11-24(12-17-28)32(34)36-29-14-9-23(10-15-29)22-33-27-13-18-31-26(21-27)20-25-7-4-5-8-30(25)31/h4-5,7-18,21-22H,2-3,6,19-20H2,1H3. The SMILES string of the molecule is CCCCCOc1ccc(C(=O)Oc2ccc(C=Nc3ccc4c(c3)Cc3ccccc3-4)cc2)cc1. The van der Waals surface area contributed by atoms with E-state index in [9.17, 15) is 4.79 Å². The van der Waals surface area contributed by atoms with Gasteiger partial charge in [-0.05, 0) is 101 Å². The first-order valence-corrected chi connectivity index (χ1v) is 12.5. The zero-order valence-electron chi connectivity index (χ0n) is 20.4. The first-order valence-electron chi connectivity index (χ1n) is 12.5. The van der Waals surface area contributed by atoms with Gasteiger partial charge in [0.1, 0.15) is 11.5 Å². The van der Waals surface area contributed by atoms with E-state index < -0.39 is 5.97 Å². The maximum atomic E-state index is 12.5. The summed E-state index contributed by atoms with van der Waals surface area (Å²) < 4.78 is 11.2. The normalized spacial score (nSPS) is 11.8. The highest BCUT2D eigenvalue weighted by atomic mass is 16.5. The van der Waals surface area contributed by atoms with Gasteiger partial charge in [0, 0.05) is 6.21 Å². The molecule has 180 valence electrons. The molecule has 0 fully saturated rings. The molecule has 5 rings (SSSR count). The number of esters is 1. The zero-order valence-corrected chi connectivity index (χ0v) is 20.4. The third-order valence-corrected chi connectivity index (χ3v) is 6.34. The molecule has 4 heteroatoms.